The fourth-order valence-corrected chi connectivity index (χ4v) is 2.83. The summed E-state index contributed by atoms with van der Waals surface area (Å²) in [6, 6.07) is 7.60. The van der Waals surface area contributed by atoms with Crippen LogP contribution in [0.25, 0.3) is 0 Å². The van der Waals surface area contributed by atoms with Gasteiger partial charge in [-0.15, -0.1) is 0 Å². The highest BCUT2D eigenvalue weighted by atomic mass is 16.5. The third kappa shape index (κ3) is 4.69. The van der Waals surface area contributed by atoms with Crippen LogP contribution >= 0.6 is 0 Å². The van der Waals surface area contributed by atoms with Gasteiger partial charge in [0.25, 0.3) is 0 Å². The first-order chi connectivity index (χ1) is 11.5. The number of piperazine rings is 1. The Hall–Kier alpha value is -2.12. The number of hydrogen-bond acceptors (Lipinski definition) is 5. The fraction of sp³-hybridized carbons (Fsp3) is 0.529. The molecule has 1 heterocycles. The zero-order valence-corrected chi connectivity index (χ0v) is 14.3. The summed E-state index contributed by atoms with van der Waals surface area (Å²) >= 11 is 0. The summed E-state index contributed by atoms with van der Waals surface area (Å²) in [5.41, 5.74) is 5.93. The van der Waals surface area contributed by atoms with E-state index in [1.165, 1.54) is 0 Å². The highest BCUT2D eigenvalue weighted by Crippen LogP contribution is 2.28. The largest absolute Gasteiger partial charge is 0.495 e. The van der Waals surface area contributed by atoms with E-state index in [9.17, 15) is 9.59 Å². The van der Waals surface area contributed by atoms with E-state index in [1.807, 2.05) is 18.2 Å². The Kier molecular flexibility index (Phi) is 6.57. The van der Waals surface area contributed by atoms with E-state index < -0.39 is 5.91 Å². The first-order valence-corrected chi connectivity index (χ1v) is 8.19. The summed E-state index contributed by atoms with van der Waals surface area (Å²) in [5.74, 6) is 0.108. The van der Waals surface area contributed by atoms with Gasteiger partial charge in [0.05, 0.1) is 19.3 Å². The van der Waals surface area contributed by atoms with Gasteiger partial charge in [0.2, 0.25) is 11.8 Å². The van der Waals surface area contributed by atoms with Gasteiger partial charge in [0.1, 0.15) is 5.75 Å². The van der Waals surface area contributed by atoms with E-state index in [1.54, 1.807) is 18.1 Å². The average molecular weight is 334 g/mol. The molecule has 1 aromatic rings. The Bertz CT molecular complexity index is 579. The van der Waals surface area contributed by atoms with Gasteiger partial charge in [0, 0.05) is 38.6 Å². The molecular formula is C17H26N4O3. The molecule has 1 aromatic carbocycles. The molecule has 0 aromatic heterocycles. The van der Waals surface area contributed by atoms with E-state index in [4.69, 9.17) is 10.5 Å². The second-order valence-corrected chi connectivity index (χ2v) is 5.96. The molecule has 0 radical (unpaired) electrons. The van der Waals surface area contributed by atoms with Gasteiger partial charge in [-0.2, -0.15) is 0 Å². The Morgan fingerprint density at radius 3 is 2.83 bits per heavy atom. The van der Waals surface area contributed by atoms with Crippen LogP contribution in [0.5, 0.6) is 5.75 Å². The molecule has 3 N–H and O–H groups in total. The third-order valence-electron chi connectivity index (χ3n) is 4.24. The fourth-order valence-electron chi connectivity index (χ4n) is 2.83. The van der Waals surface area contributed by atoms with Crippen molar-refractivity contribution in [2.75, 3.05) is 44.7 Å². The van der Waals surface area contributed by atoms with E-state index >= 15 is 0 Å². The number of hydrogen-bond donors (Lipinski definition) is 2. The summed E-state index contributed by atoms with van der Waals surface area (Å²) in [4.78, 5) is 27.8. The molecule has 1 saturated heterocycles. The predicted molar refractivity (Wildman–Crippen MR) is 93.1 cm³/mol. The van der Waals surface area contributed by atoms with Gasteiger partial charge in [0.15, 0.2) is 0 Å². The van der Waals surface area contributed by atoms with Crippen LogP contribution in [0.2, 0.25) is 0 Å². The maximum atomic E-state index is 12.9. The normalized spacial score (nSPS) is 18.2. The molecule has 132 valence electrons. The number of ether oxygens (including phenoxy) is 1. The van der Waals surface area contributed by atoms with Crippen LogP contribution < -0.4 is 20.7 Å². The van der Waals surface area contributed by atoms with Crippen LogP contribution in [0.15, 0.2) is 24.3 Å². The molecule has 2 amide bonds. The number of anilines is 1. The van der Waals surface area contributed by atoms with Gasteiger partial charge in [-0.05, 0) is 19.1 Å². The molecular weight excluding hydrogens is 308 g/mol. The molecule has 0 unspecified atom stereocenters. The number of carbonyl (C=O) groups excluding carboxylic acids is 2. The third-order valence-corrected chi connectivity index (χ3v) is 4.24. The molecule has 1 aliphatic heterocycles. The first-order valence-electron chi connectivity index (χ1n) is 8.19. The Labute approximate surface area is 142 Å². The second-order valence-electron chi connectivity index (χ2n) is 5.96. The van der Waals surface area contributed by atoms with E-state index in [0.717, 1.165) is 19.6 Å². The minimum Gasteiger partial charge on any atom is -0.495 e. The number of methoxy groups -OCH3 is 1. The van der Waals surface area contributed by atoms with Crippen molar-refractivity contribution >= 4 is 17.5 Å². The smallest absolute Gasteiger partial charge is 0.241 e. The lowest BCUT2D eigenvalue weighted by molar-refractivity contribution is -0.120. The maximum Gasteiger partial charge on any atom is 0.241 e. The number of para-hydroxylation sites is 2. The number of amides is 2. The average Bonchev–Trinajstić information content (AvgIpc) is 2.57. The standard InChI is InChI=1S/C17H26N4O3/c1-13-11-19-8-10-20(13)12-17(23)21(9-7-16(18)22)14-5-3-4-6-15(14)24-2/h3-6,13,19H,7-12H2,1-2H3,(H2,18,22)/t13-/m0/s1. The molecule has 0 aliphatic carbocycles. The van der Waals surface area contributed by atoms with Crippen LogP contribution in [-0.4, -0.2) is 62.6 Å². The first kappa shape index (κ1) is 18.2. The highest BCUT2D eigenvalue weighted by molar-refractivity contribution is 5.96. The number of carbonyl (C=O) groups is 2. The summed E-state index contributed by atoms with van der Waals surface area (Å²) in [6.45, 7) is 5.20. The van der Waals surface area contributed by atoms with E-state index in [-0.39, 0.29) is 18.9 Å². The molecule has 1 atom stereocenters. The zero-order valence-electron chi connectivity index (χ0n) is 14.3. The number of nitrogens with zero attached hydrogens (tertiary/aromatic N) is 2. The maximum absolute atomic E-state index is 12.9. The van der Waals surface area contributed by atoms with Crippen LogP contribution in [0.1, 0.15) is 13.3 Å². The van der Waals surface area contributed by atoms with Gasteiger partial charge in [-0.3, -0.25) is 14.5 Å². The summed E-state index contributed by atoms with van der Waals surface area (Å²) in [5, 5.41) is 3.31. The van der Waals surface area contributed by atoms with Gasteiger partial charge in [-0.1, -0.05) is 12.1 Å². The van der Waals surface area contributed by atoms with Gasteiger partial charge < -0.3 is 20.7 Å². The van der Waals surface area contributed by atoms with E-state index in [0.29, 0.717) is 24.0 Å². The molecule has 0 spiro atoms. The molecule has 0 bridgehead atoms. The lowest BCUT2D eigenvalue weighted by atomic mass is 10.2. The Balaban J connectivity index is 2.18. The van der Waals surface area contributed by atoms with Crippen molar-refractivity contribution in [2.24, 2.45) is 5.73 Å². The van der Waals surface area contributed by atoms with Crippen molar-refractivity contribution in [3.05, 3.63) is 24.3 Å². The van der Waals surface area contributed by atoms with Crippen molar-refractivity contribution in [3.8, 4) is 5.75 Å². The Morgan fingerprint density at radius 1 is 1.42 bits per heavy atom. The van der Waals surface area contributed by atoms with Crippen LogP contribution in [0.4, 0.5) is 5.69 Å². The summed E-state index contributed by atoms with van der Waals surface area (Å²) in [6.07, 6.45) is 0.112. The van der Waals surface area contributed by atoms with Crippen LogP contribution in [-0.2, 0) is 9.59 Å². The van der Waals surface area contributed by atoms with Crippen molar-refractivity contribution in [1.29, 1.82) is 0 Å². The predicted octanol–water partition coefficient (Wildman–Crippen LogP) is 0.197. The molecule has 7 nitrogen and oxygen atoms in total. The number of primary amides is 1. The summed E-state index contributed by atoms with van der Waals surface area (Å²) in [7, 11) is 1.56. The monoisotopic (exact) mass is 334 g/mol. The van der Waals surface area contributed by atoms with Crippen molar-refractivity contribution in [1.82, 2.24) is 10.2 Å². The Morgan fingerprint density at radius 2 is 2.17 bits per heavy atom. The lowest BCUT2D eigenvalue weighted by Gasteiger charge is -2.35. The molecule has 7 heteroatoms. The topological polar surface area (TPSA) is 87.9 Å². The van der Waals surface area contributed by atoms with Crippen molar-refractivity contribution < 1.29 is 14.3 Å². The van der Waals surface area contributed by atoms with Crippen molar-refractivity contribution in [3.63, 3.8) is 0 Å². The molecule has 1 fully saturated rings. The van der Waals surface area contributed by atoms with Gasteiger partial charge in [-0.25, -0.2) is 0 Å². The minimum atomic E-state index is -0.432. The second kappa shape index (κ2) is 8.65. The minimum absolute atomic E-state index is 0.0606. The highest BCUT2D eigenvalue weighted by Gasteiger charge is 2.25. The zero-order chi connectivity index (χ0) is 17.5. The SMILES string of the molecule is COc1ccccc1N(CCC(N)=O)C(=O)CN1CCNC[C@@H]1C. The molecule has 0 saturated carbocycles. The molecule has 24 heavy (non-hydrogen) atoms. The lowest BCUT2D eigenvalue weighted by Crippen LogP contribution is -2.53. The van der Waals surface area contributed by atoms with Crippen LogP contribution in [0.3, 0.4) is 0 Å². The number of nitrogens with two attached hydrogens (primary N) is 1. The molecule has 2 rings (SSSR count). The number of benzene rings is 1. The number of nitrogens with one attached hydrogen (secondary N) is 1. The number of rotatable bonds is 7. The quantitative estimate of drug-likeness (QED) is 0.744. The van der Waals surface area contributed by atoms with Crippen LogP contribution in [0, 0.1) is 0 Å². The van der Waals surface area contributed by atoms with Crippen molar-refractivity contribution in [2.45, 2.75) is 19.4 Å². The van der Waals surface area contributed by atoms with E-state index in [2.05, 4.69) is 17.1 Å². The summed E-state index contributed by atoms with van der Waals surface area (Å²) < 4.78 is 5.36. The van der Waals surface area contributed by atoms with Gasteiger partial charge >= 0.3 is 0 Å². The molecule has 1 aliphatic rings.